The van der Waals surface area contributed by atoms with Gasteiger partial charge in [-0.1, -0.05) is 17.4 Å². The van der Waals surface area contributed by atoms with Crippen LogP contribution in [0.25, 0.3) is 32.0 Å². The zero-order chi connectivity index (χ0) is 19.1. The summed E-state index contributed by atoms with van der Waals surface area (Å²) in [5, 5.41) is 4.17. The van der Waals surface area contributed by atoms with Crippen molar-refractivity contribution in [2.45, 2.75) is 6.54 Å². The summed E-state index contributed by atoms with van der Waals surface area (Å²) >= 11 is 1.48. The maximum absolute atomic E-state index is 13.3. The molecule has 0 unspecified atom stereocenters. The van der Waals surface area contributed by atoms with Crippen LogP contribution in [0, 0.1) is 5.82 Å². The van der Waals surface area contributed by atoms with E-state index < -0.39 is 0 Å². The molecule has 0 fully saturated rings. The zero-order valence-electron chi connectivity index (χ0n) is 14.9. The van der Waals surface area contributed by atoms with Crippen molar-refractivity contribution < 1.29 is 4.39 Å². The van der Waals surface area contributed by atoms with E-state index in [0.717, 1.165) is 37.5 Å². The van der Waals surface area contributed by atoms with Crippen LogP contribution < -0.4 is 5.32 Å². The number of imidazole rings is 1. The molecule has 0 aliphatic rings. The van der Waals surface area contributed by atoms with E-state index >= 15 is 0 Å². The number of halogens is 1. The fourth-order valence-electron chi connectivity index (χ4n) is 3.11. The second-order valence-electron chi connectivity index (χ2n) is 6.41. The summed E-state index contributed by atoms with van der Waals surface area (Å²) in [7, 11) is 1.94. The SMILES string of the molecule is Cn1cnc2c(NCc3cccnc3)nc3sc(-c4ccc(F)cc4)nc3c21. The van der Waals surface area contributed by atoms with Crippen molar-refractivity contribution in [3.8, 4) is 10.6 Å². The molecule has 4 heterocycles. The lowest BCUT2D eigenvalue weighted by molar-refractivity contribution is 0.628. The first kappa shape index (κ1) is 16.8. The normalized spacial score (nSPS) is 11.4. The molecule has 0 atom stereocenters. The Morgan fingerprint density at radius 1 is 1.11 bits per heavy atom. The van der Waals surface area contributed by atoms with Gasteiger partial charge in [0.15, 0.2) is 5.82 Å². The average Bonchev–Trinajstić information content (AvgIpc) is 3.31. The molecule has 0 amide bonds. The predicted molar refractivity (Wildman–Crippen MR) is 109 cm³/mol. The lowest BCUT2D eigenvalue weighted by Gasteiger charge is -2.07. The van der Waals surface area contributed by atoms with Crippen molar-refractivity contribution in [2.75, 3.05) is 5.32 Å². The highest BCUT2D eigenvalue weighted by atomic mass is 32.1. The minimum atomic E-state index is -0.265. The Kier molecular flexibility index (Phi) is 3.98. The fraction of sp³-hybridized carbons (Fsp3) is 0.100. The number of pyridine rings is 2. The molecule has 0 saturated heterocycles. The molecule has 138 valence electrons. The average molecular weight is 390 g/mol. The van der Waals surface area contributed by atoms with Gasteiger partial charge >= 0.3 is 0 Å². The van der Waals surface area contributed by atoms with Crippen molar-refractivity contribution in [1.82, 2.24) is 24.5 Å². The largest absolute Gasteiger partial charge is 0.364 e. The second kappa shape index (κ2) is 6.65. The topological polar surface area (TPSA) is 68.5 Å². The van der Waals surface area contributed by atoms with Crippen LogP contribution >= 0.6 is 11.3 Å². The summed E-state index contributed by atoms with van der Waals surface area (Å²) < 4.78 is 15.2. The van der Waals surface area contributed by atoms with E-state index in [1.807, 2.05) is 29.9 Å². The minimum absolute atomic E-state index is 0.265. The number of benzene rings is 1. The fourth-order valence-corrected chi connectivity index (χ4v) is 4.06. The number of nitrogens with one attached hydrogen (secondary N) is 1. The summed E-state index contributed by atoms with van der Waals surface area (Å²) in [6, 6.07) is 10.3. The Hall–Kier alpha value is -3.39. The standard InChI is InChI=1S/C20H15FN6S/c1-27-11-24-15-17(27)16-20(26-18(15)23-10-12-3-2-8-22-9-12)28-19(25-16)13-4-6-14(21)7-5-13/h2-9,11H,10H2,1H3,(H,23,26). The van der Waals surface area contributed by atoms with Gasteiger partial charge in [-0.2, -0.15) is 0 Å². The number of hydrogen-bond acceptors (Lipinski definition) is 6. The van der Waals surface area contributed by atoms with Crippen molar-refractivity contribution in [3.63, 3.8) is 0 Å². The Morgan fingerprint density at radius 2 is 1.96 bits per heavy atom. The third kappa shape index (κ3) is 2.87. The Bertz CT molecular complexity index is 1280. The molecule has 8 heteroatoms. The van der Waals surface area contributed by atoms with Gasteiger partial charge in [-0.25, -0.2) is 19.3 Å². The summed E-state index contributed by atoms with van der Waals surface area (Å²) in [6.45, 7) is 0.599. The van der Waals surface area contributed by atoms with Crippen molar-refractivity contribution in [1.29, 1.82) is 0 Å². The van der Waals surface area contributed by atoms with Crippen LogP contribution in [0.4, 0.5) is 10.2 Å². The molecule has 5 aromatic rings. The Morgan fingerprint density at radius 3 is 2.75 bits per heavy atom. The first-order valence-corrected chi connectivity index (χ1v) is 9.51. The van der Waals surface area contributed by atoms with Gasteiger partial charge in [0, 0.05) is 31.5 Å². The molecular weight excluding hydrogens is 375 g/mol. The van der Waals surface area contributed by atoms with Crippen LogP contribution in [0.5, 0.6) is 0 Å². The molecule has 1 aromatic carbocycles. The molecule has 0 aliphatic heterocycles. The monoisotopic (exact) mass is 390 g/mol. The van der Waals surface area contributed by atoms with Crippen molar-refractivity contribution in [3.05, 3.63) is 66.5 Å². The van der Waals surface area contributed by atoms with Crippen LogP contribution in [-0.4, -0.2) is 24.5 Å². The van der Waals surface area contributed by atoms with E-state index in [1.54, 1.807) is 24.7 Å². The Balaban J connectivity index is 1.61. The van der Waals surface area contributed by atoms with Gasteiger partial charge in [-0.3, -0.25) is 4.98 Å². The van der Waals surface area contributed by atoms with Crippen LogP contribution in [-0.2, 0) is 13.6 Å². The molecule has 0 bridgehead atoms. The van der Waals surface area contributed by atoms with Crippen molar-refractivity contribution in [2.24, 2.45) is 7.05 Å². The third-order valence-electron chi connectivity index (χ3n) is 4.48. The Labute approximate surface area is 163 Å². The molecule has 28 heavy (non-hydrogen) atoms. The molecule has 0 spiro atoms. The van der Waals surface area contributed by atoms with Gasteiger partial charge in [0.05, 0.1) is 6.33 Å². The quantitative estimate of drug-likeness (QED) is 0.493. The van der Waals surface area contributed by atoms with E-state index in [-0.39, 0.29) is 5.82 Å². The molecule has 0 aliphatic carbocycles. The van der Waals surface area contributed by atoms with Gasteiger partial charge in [0.2, 0.25) is 0 Å². The van der Waals surface area contributed by atoms with Gasteiger partial charge in [-0.05, 0) is 35.9 Å². The smallest absolute Gasteiger partial charge is 0.156 e. The van der Waals surface area contributed by atoms with Crippen LogP contribution in [0.3, 0.4) is 0 Å². The van der Waals surface area contributed by atoms with Gasteiger partial charge < -0.3 is 9.88 Å². The molecule has 5 rings (SSSR count). The van der Waals surface area contributed by atoms with Crippen LogP contribution in [0.15, 0.2) is 55.1 Å². The summed E-state index contributed by atoms with van der Waals surface area (Å²) in [5.41, 5.74) is 4.42. The number of rotatable bonds is 4. The lowest BCUT2D eigenvalue weighted by Crippen LogP contribution is -2.02. The maximum Gasteiger partial charge on any atom is 0.156 e. The van der Waals surface area contributed by atoms with E-state index in [9.17, 15) is 4.39 Å². The number of thiazole rings is 1. The number of hydrogen-bond donors (Lipinski definition) is 1. The highest BCUT2D eigenvalue weighted by molar-refractivity contribution is 7.21. The molecule has 0 saturated carbocycles. The third-order valence-corrected chi connectivity index (χ3v) is 5.48. The lowest BCUT2D eigenvalue weighted by atomic mass is 10.2. The van der Waals surface area contributed by atoms with Gasteiger partial charge in [0.25, 0.3) is 0 Å². The number of nitrogens with zero attached hydrogens (tertiary/aromatic N) is 5. The molecule has 0 radical (unpaired) electrons. The second-order valence-corrected chi connectivity index (χ2v) is 7.39. The molecule has 1 N–H and O–H groups in total. The number of aryl methyl sites for hydroxylation is 1. The highest BCUT2D eigenvalue weighted by Crippen LogP contribution is 2.35. The summed E-state index contributed by atoms with van der Waals surface area (Å²) in [6.07, 6.45) is 5.33. The van der Waals surface area contributed by atoms with Crippen molar-refractivity contribution >= 4 is 38.5 Å². The number of anilines is 1. The summed E-state index contributed by atoms with van der Waals surface area (Å²) in [5.74, 6) is 0.445. The number of aromatic nitrogens is 5. The maximum atomic E-state index is 13.3. The highest BCUT2D eigenvalue weighted by Gasteiger charge is 2.17. The van der Waals surface area contributed by atoms with E-state index in [2.05, 4.69) is 15.3 Å². The van der Waals surface area contributed by atoms with E-state index in [4.69, 9.17) is 9.97 Å². The van der Waals surface area contributed by atoms with Gasteiger partial charge in [-0.15, -0.1) is 0 Å². The number of fused-ring (bicyclic) bond motifs is 3. The molecule has 6 nitrogen and oxygen atoms in total. The predicted octanol–water partition coefficient (Wildman–Crippen LogP) is 4.39. The summed E-state index contributed by atoms with van der Waals surface area (Å²) in [4.78, 5) is 19.0. The zero-order valence-corrected chi connectivity index (χ0v) is 15.7. The first-order valence-electron chi connectivity index (χ1n) is 8.69. The molecule has 4 aromatic heterocycles. The minimum Gasteiger partial charge on any atom is -0.364 e. The van der Waals surface area contributed by atoms with E-state index in [1.165, 1.54) is 23.5 Å². The first-order chi connectivity index (χ1) is 13.7. The van der Waals surface area contributed by atoms with E-state index in [0.29, 0.717) is 12.4 Å². The molecular formula is C20H15FN6S. The van der Waals surface area contributed by atoms with Crippen LogP contribution in [0.2, 0.25) is 0 Å². The van der Waals surface area contributed by atoms with Gasteiger partial charge in [0.1, 0.15) is 32.2 Å². The van der Waals surface area contributed by atoms with Crippen LogP contribution in [0.1, 0.15) is 5.56 Å².